The molecule has 0 aliphatic heterocycles. The Morgan fingerprint density at radius 1 is 1.14 bits per heavy atom. The number of ether oxygens (including phenoxy) is 1. The van der Waals surface area contributed by atoms with Crippen LogP contribution in [0.25, 0.3) is 22.0 Å². The highest BCUT2D eigenvalue weighted by atomic mass is 19.1. The lowest BCUT2D eigenvalue weighted by Crippen LogP contribution is -2.02. The van der Waals surface area contributed by atoms with Gasteiger partial charge in [0.25, 0.3) is 0 Å². The van der Waals surface area contributed by atoms with Crippen LogP contribution in [-0.4, -0.2) is 18.1 Å². The Labute approximate surface area is 121 Å². The van der Waals surface area contributed by atoms with Gasteiger partial charge in [0, 0.05) is 11.6 Å². The number of aromatic nitrogens is 1. The summed E-state index contributed by atoms with van der Waals surface area (Å²) in [7, 11) is 1.27. The second-order valence-corrected chi connectivity index (χ2v) is 4.60. The maximum atomic E-state index is 13.8. The molecule has 0 saturated heterocycles. The van der Waals surface area contributed by atoms with E-state index in [1.54, 1.807) is 12.3 Å². The zero-order chi connectivity index (χ0) is 14.8. The molecular weight excluding hydrogens is 269 g/mol. The van der Waals surface area contributed by atoms with Gasteiger partial charge in [-0.3, -0.25) is 4.98 Å². The number of hydrogen-bond acceptors (Lipinski definition) is 3. The highest BCUT2D eigenvalue weighted by Crippen LogP contribution is 2.29. The minimum absolute atomic E-state index is 0.188. The third-order valence-electron chi connectivity index (χ3n) is 3.28. The van der Waals surface area contributed by atoms with Gasteiger partial charge in [-0.05, 0) is 41.5 Å². The van der Waals surface area contributed by atoms with Crippen LogP contribution in [-0.2, 0) is 4.74 Å². The maximum Gasteiger partial charge on any atom is 0.337 e. The van der Waals surface area contributed by atoms with Crippen LogP contribution in [0.3, 0.4) is 0 Å². The van der Waals surface area contributed by atoms with Crippen LogP contribution < -0.4 is 0 Å². The standard InChI is InChI=1S/C17H12FNO2/c1-21-17(20)12-8-11(9-13(18)10-12)14-4-2-6-16-15(14)5-3-7-19-16/h2-10H,1H3. The topological polar surface area (TPSA) is 39.2 Å². The molecular formula is C17H12FNO2. The van der Waals surface area contributed by atoms with E-state index in [1.165, 1.54) is 19.2 Å². The van der Waals surface area contributed by atoms with Crippen LogP contribution in [0.1, 0.15) is 10.4 Å². The van der Waals surface area contributed by atoms with Gasteiger partial charge in [0.1, 0.15) is 5.82 Å². The van der Waals surface area contributed by atoms with Gasteiger partial charge >= 0.3 is 5.97 Å². The summed E-state index contributed by atoms with van der Waals surface area (Å²) in [6, 6.07) is 13.5. The van der Waals surface area contributed by atoms with Crippen molar-refractivity contribution in [1.29, 1.82) is 0 Å². The first-order chi connectivity index (χ1) is 10.2. The van der Waals surface area contributed by atoms with Crippen molar-refractivity contribution in [3.8, 4) is 11.1 Å². The van der Waals surface area contributed by atoms with Gasteiger partial charge in [0.2, 0.25) is 0 Å². The van der Waals surface area contributed by atoms with Crippen molar-refractivity contribution in [3.63, 3.8) is 0 Å². The Hall–Kier alpha value is -2.75. The summed E-state index contributed by atoms with van der Waals surface area (Å²) in [6.45, 7) is 0. The number of methoxy groups -OCH3 is 1. The average molecular weight is 281 g/mol. The molecule has 4 heteroatoms. The Morgan fingerprint density at radius 2 is 2.00 bits per heavy atom. The lowest BCUT2D eigenvalue weighted by atomic mass is 9.99. The summed E-state index contributed by atoms with van der Waals surface area (Å²) in [6.07, 6.45) is 1.71. The van der Waals surface area contributed by atoms with E-state index >= 15 is 0 Å². The molecule has 3 nitrogen and oxygen atoms in total. The van der Waals surface area contributed by atoms with Crippen LogP contribution >= 0.6 is 0 Å². The third-order valence-corrected chi connectivity index (χ3v) is 3.28. The molecule has 0 spiro atoms. The van der Waals surface area contributed by atoms with Crippen molar-refractivity contribution >= 4 is 16.9 Å². The zero-order valence-corrected chi connectivity index (χ0v) is 11.3. The summed E-state index contributed by atoms with van der Waals surface area (Å²) >= 11 is 0. The van der Waals surface area contributed by atoms with E-state index in [-0.39, 0.29) is 5.56 Å². The Bertz CT molecular complexity index is 825. The molecule has 0 N–H and O–H groups in total. The van der Waals surface area contributed by atoms with E-state index in [2.05, 4.69) is 9.72 Å². The number of nitrogens with zero attached hydrogens (tertiary/aromatic N) is 1. The van der Waals surface area contributed by atoms with E-state index < -0.39 is 11.8 Å². The molecule has 0 atom stereocenters. The molecule has 21 heavy (non-hydrogen) atoms. The van der Waals surface area contributed by atoms with Gasteiger partial charge in [-0.1, -0.05) is 18.2 Å². The summed E-state index contributed by atoms with van der Waals surface area (Å²) in [5, 5.41) is 0.904. The molecule has 104 valence electrons. The summed E-state index contributed by atoms with van der Waals surface area (Å²) < 4.78 is 18.4. The number of carbonyl (C=O) groups is 1. The van der Waals surface area contributed by atoms with E-state index in [4.69, 9.17) is 0 Å². The molecule has 0 bridgehead atoms. The predicted molar refractivity (Wildman–Crippen MR) is 78.5 cm³/mol. The highest BCUT2D eigenvalue weighted by molar-refractivity contribution is 5.97. The van der Waals surface area contributed by atoms with Crippen molar-refractivity contribution < 1.29 is 13.9 Å². The number of halogens is 1. The normalized spacial score (nSPS) is 10.6. The van der Waals surface area contributed by atoms with Gasteiger partial charge in [0.05, 0.1) is 18.2 Å². The van der Waals surface area contributed by atoms with Gasteiger partial charge in [-0.2, -0.15) is 0 Å². The fraction of sp³-hybridized carbons (Fsp3) is 0.0588. The molecule has 0 saturated carbocycles. The molecule has 1 aromatic heterocycles. The van der Waals surface area contributed by atoms with Gasteiger partial charge in [-0.25, -0.2) is 9.18 Å². The molecule has 2 aromatic carbocycles. The highest BCUT2D eigenvalue weighted by Gasteiger charge is 2.11. The number of pyridine rings is 1. The Kier molecular flexibility index (Phi) is 3.36. The lowest BCUT2D eigenvalue weighted by Gasteiger charge is -2.08. The first-order valence-electron chi connectivity index (χ1n) is 6.42. The van der Waals surface area contributed by atoms with Crippen LogP contribution in [0.2, 0.25) is 0 Å². The van der Waals surface area contributed by atoms with Crippen molar-refractivity contribution in [2.24, 2.45) is 0 Å². The van der Waals surface area contributed by atoms with Gasteiger partial charge < -0.3 is 4.74 Å². The number of benzene rings is 2. The minimum atomic E-state index is -0.561. The van der Waals surface area contributed by atoms with Crippen molar-refractivity contribution in [2.45, 2.75) is 0 Å². The summed E-state index contributed by atoms with van der Waals surface area (Å²) in [5.41, 5.74) is 2.45. The van der Waals surface area contributed by atoms with Gasteiger partial charge in [-0.15, -0.1) is 0 Å². The average Bonchev–Trinajstić information content (AvgIpc) is 2.53. The second kappa shape index (κ2) is 5.32. The predicted octanol–water partition coefficient (Wildman–Crippen LogP) is 3.83. The first-order valence-corrected chi connectivity index (χ1v) is 6.42. The van der Waals surface area contributed by atoms with E-state index in [0.29, 0.717) is 5.56 Å². The van der Waals surface area contributed by atoms with Gasteiger partial charge in [0.15, 0.2) is 0 Å². The Balaban J connectivity index is 2.23. The molecule has 0 aliphatic rings. The van der Waals surface area contributed by atoms with E-state index in [1.807, 2.05) is 30.3 Å². The Morgan fingerprint density at radius 3 is 2.81 bits per heavy atom. The van der Waals surface area contributed by atoms with Crippen LogP contribution in [0, 0.1) is 5.82 Å². The molecule has 0 unspecified atom stereocenters. The zero-order valence-electron chi connectivity index (χ0n) is 11.3. The molecule has 3 rings (SSSR count). The number of carbonyl (C=O) groups excluding carboxylic acids is 1. The third kappa shape index (κ3) is 2.48. The number of rotatable bonds is 2. The van der Waals surface area contributed by atoms with Crippen LogP contribution in [0.5, 0.6) is 0 Å². The maximum absolute atomic E-state index is 13.8. The molecule has 0 amide bonds. The summed E-state index contributed by atoms with van der Waals surface area (Å²) in [5.74, 6) is -1.04. The SMILES string of the molecule is COC(=O)c1cc(F)cc(-c2cccc3ncccc23)c1. The molecule has 0 aliphatic carbocycles. The minimum Gasteiger partial charge on any atom is -0.465 e. The number of hydrogen-bond donors (Lipinski definition) is 0. The number of esters is 1. The van der Waals surface area contributed by atoms with Crippen molar-refractivity contribution in [3.05, 3.63) is 66.1 Å². The molecule has 3 aromatic rings. The molecule has 0 fully saturated rings. The number of fused-ring (bicyclic) bond motifs is 1. The molecule has 1 heterocycles. The second-order valence-electron chi connectivity index (χ2n) is 4.60. The fourth-order valence-electron chi connectivity index (χ4n) is 2.34. The fourth-order valence-corrected chi connectivity index (χ4v) is 2.34. The van der Waals surface area contributed by atoms with Crippen LogP contribution in [0.15, 0.2) is 54.7 Å². The van der Waals surface area contributed by atoms with Crippen molar-refractivity contribution in [2.75, 3.05) is 7.11 Å². The monoisotopic (exact) mass is 281 g/mol. The first kappa shape index (κ1) is 13.2. The lowest BCUT2D eigenvalue weighted by molar-refractivity contribution is 0.0600. The van der Waals surface area contributed by atoms with Crippen molar-refractivity contribution in [1.82, 2.24) is 4.98 Å². The van der Waals surface area contributed by atoms with E-state index in [9.17, 15) is 9.18 Å². The quantitative estimate of drug-likeness (QED) is 0.670. The summed E-state index contributed by atoms with van der Waals surface area (Å²) in [4.78, 5) is 15.9. The van der Waals surface area contributed by atoms with E-state index in [0.717, 1.165) is 16.5 Å². The molecule has 0 radical (unpaired) electrons. The smallest absolute Gasteiger partial charge is 0.337 e. The largest absolute Gasteiger partial charge is 0.465 e. The van der Waals surface area contributed by atoms with Crippen LogP contribution in [0.4, 0.5) is 4.39 Å².